The lowest BCUT2D eigenvalue weighted by atomic mass is 9.89. The maximum absolute atomic E-state index is 11.7. The minimum atomic E-state index is -1.82. The number of carboxylic acids is 2. The van der Waals surface area contributed by atoms with E-state index in [4.69, 9.17) is 29.3 Å². The molecule has 12 heteroatoms. The highest BCUT2D eigenvalue weighted by Crippen LogP contribution is 2.31. The van der Waals surface area contributed by atoms with Gasteiger partial charge in [-0.15, -0.1) is 0 Å². The quantitative estimate of drug-likeness (QED) is 0.352. The van der Waals surface area contributed by atoms with Gasteiger partial charge in [0.25, 0.3) is 0 Å². The summed E-state index contributed by atoms with van der Waals surface area (Å²) in [7, 11) is 0. The van der Waals surface area contributed by atoms with Crippen molar-refractivity contribution in [2.75, 3.05) is 39.3 Å². The Morgan fingerprint density at radius 2 is 0.972 bits per heavy atom. The van der Waals surface area contributed by atoms with Crippen LogP contribution in [0.15, 0.2) is 0 Å². The molecule has 4 heterocycles. The summed E-state index contributed by atoms with van der Waals surface area (Å²) < 4.78 is 10.6. The fraction of sp³-hybridized carbons (Fsp3) is 0.833. The van der Waals surface area contributed by atoms with Crippen LogP contribution in [0, 0.1) is 0 Å². The Kier molecular flexibility index (Phi) is 9.22. The number of rotatable bonds is 0. The Labute approximate surface area is 212 Å². The van der Waals surface area contributed by atoms with E-state index in [0.29, 0.717) is 0 Å². The van der Waals surface area contributed by atoms with Gasteiger partial charge in [0.1, 0.15) is 11.2 Å². The molecule has 0 aromatic heterocycles. The molecule has 2 spiro atoms. The van der Waals surface area contributed by atoms with Crippen molar-refractivity contribution in [2.45, 2.75) is 89.5 Å². The van der Waals surface area contributed by atoms with Crippen molar-refractivity contribution in [1.29, 1.82) is 0 Å². The summed E-state index contributed by atoms with van der Waals surface area (Å²) in [5, 5.41) is 21.7. The largest absolute Gasteiger partial charge is 0.473 e. The van der Waals surface area contributed by atoms with Crippen molar-refractivity contribution < 1.29 is 38.9 Å². The zero-order chi connectivity index (χ0) is 27.4. The Balaban J connectivity index is 0.000000208. The second-order valence-electron chi connectivity index (χ2n) is 11.9. The standard InChI is InChI=1S/2C11H20N2O2.C2H2O4/c2*1-10(2,3)15-9(14)13-7-11(8-13)5-4-6-12-11;3-1(4)2(5)6/h2*12H,4-8H2,1-3H3;(H,3,4)(H,5,6). The number of amides is 2. The number of carbonyl (C=O) groups is 4. The summed E-state index contributed by atoms with van der Waals surface area (Å²) in [5.41, 5.74) is -0.334. The monoisotopic (exact) mass is 514 g/mol. The first-order valence-electron chi connectivity index (χ1n) is 12.4. The van der Waals surface area contributed by atoms with E-state index in [1.54, 1.807) is 9.80 Å². The smallest absolute Gasteiger partial charge is 0.414 e. The van der Waals surface area contributed by atoms with Crippen LogP contribution in [0.3, 0.4) is 0 Å². The Bertz CT molecular complexity index is 737. The van der Waals surface area contributed by atoms with Gasteiger partial charge in [-0.1, -0.05) is 0 Å². The van der Waals surface area contributed by atoms with Gasteiger partial charge in [0.05, 0.1) is 11.1 Å². The van der Waals surface area contributed by atoms with Gasteiger partial charge < -0.3 is 40.1 Å². The second-order valence-corrected chi connectivity index (χ2v) is 11.9. The van der Waals surface area contributed by atoms with Crippen molar-refractivity contribution in [3.8, 4) is 0 Å². The van der Waals surface area contributed by atoms with Crippen molar-refractivity contribution in [2.24, 2.45) is 0 Å². The number of likely N-dealkylation sites (tertiary alicyclic amines) is 2. The van der Waals surface area contributed by atoms with Gasteiger partial charge in [0.2, 0.25) is 0 Å². The highest BCUT2D eigenvalue weighted by Gasteiger charge is 2.48. The highest BCUT2D eigenvalue weighted by molar-refractivity contribution is 6.27. The van der Waals surface area contributed by atoms with E-state index in [0.717, 1.165) is 39.3 Å². The third kappa shape index (κ3) is 8.81. The first-order valence-corrected chi connectivity index (χ1v) is 12.4. The molecule has 0 atom stereocenters. The summed E-state index contributed by atoms with van der Waals surface area (Å²) in [6.07, 6.45) is 4.46. The van der Waals surface area contributed by atoms with E-state index in [1.165, 1.54) is 25.7 Å². The maximum Gasteiger partial charge on any atom is 0.414 e. The zero-order valence-corrected chi connectivity index (χ0v) is 22.3. The molecule has 4 fully saturated rings. The molecule has 12 nitrogen and oxygen atoms in total. The molecule has 0 radical (unpaired) electrons. The van der Waals surface area contributed by atoms with Crippen LogP contribution in [0.4, 0.5) is 9.59 Å². The van der Waals surface area contributed by atoms with Crippen LogP contribution < -0.4 is 10.6 Å². The second kappa shape index (κ2) is 11.2. The molecular weight excluding hydrogens is 472 g/mol. The number of carboxylic acid groups (broad SMARTS) is 2. The molecule has 4 aliphatic heterocycles. The Hall–Kier alpha value is -2.60. The summed E-state index contributed by atoms with van der Waals surface area (Å²) in [5.74, 6) is -3.65. The van der Waals surface area contributed by atoms with E-state index in [9.17, 15) is 9.59 Å². The SMILES string of the molecule is CC(C)(C)OC(=O)N1CC2(CCCN2)C1.CC(C)(C)OC(=O)N1CC2(CCCN2)C1.O=C(O)C(=O)O. The summed E-state index contributed by atoms with van der Waals surface area (Å²) in [6.45, 7) is 16.8. The van der Waals surface area contributed by atoms with Gasteiger partial charge in [-0.25, -0.2) is 19.2 Å². The van der Waals surface area contributed by atoms with Crippen molar-refractivity contribution in [3.05, 3.63) is 0 Å². The predicted molar refractivity (Wildman–Crippen MR) is 131 cm³/mol. The van der Waals surface area contributed by atoms with Crippen LogP contribution >= 0.6 is 0 Å². The van der Waals surface area contributed by atoms with Crippen LogP contribution in [-0.2, 0) is 19.1 Å². The summed E-state index contributed by atoms with van der Waals surface area (Å²) >= 11 is 0. The average Bonchev–Trinajstić information content (AvgIpc) is 3.34. The number of ether oxygens (including phenoxy) is 2. The van der Waals surface area contributed by atoms with Gasteiger partial charge in [-0.3, -0.25) is 0 Å². The molecule has 4 saturated heterocycles. The third-order valence-corrected chi connectivity index (χ3v) is 6.12. The molecule has 2 amide bonds. The van der Waals surface area contributed by atoms with Crippen molar-refractivity contribution >= 4 is 24.1 Å². The van der Waals surface area contributed by atoms with Crippen LogP contribution in [0.1, 0.15) is 67.2 Å². The lowest BCUT2D eigenvalue weighted by molar-refractivity contribution is -0.159. The van der Waals surface area contributed by atoms with Gasteiger partial charge >= 0.3 is 24.1 Å². The van der Waals surface area contributed by atoms with E-state index in [-0.39, 0.29) is 34.5 Å². The minimum Gasteiger partial charge on any atom is -0.473 e. The first kappa shape index (κ1) is 29.6. The molecule has 0 saturated carbocycles. The Morgan fingerprint density at radius 1 is 0.667 bits per heavy atom. The van der Waals surface area contributed by atoms with Crippen LogP contribution in [0.2, 0.25) is 0 Å². The molecule has 4 aliphatic rings. The number of hydrogen-bond donors (Lipinski definition) is 4. The molecule has 0 unspecified atom stereocenters. The van der Waals surface area contributed by atoms with Gasteiger partial charge in [-0.2, -0.15) is 0 Å². The average molecular weight is 515 g/mol. The van der Waals surface area contributed by atoms with E-state index < -0.39 is 11.9 Å². The fourth-order valence-electron chi connectivity index (χ4n) is 4.56. The molecule has 4 N–H and O–H groups in total. The predicted octanol–water partition coefficient (Wildman–Crippen LogP) is 1.87. The van der Waals surface area contributed by atoms with E-state index >= 15 is 0 Å². The van der Waals surface area contributed by atoms with E-state index in [1.807, 2.05) is 41.5 Å². The molecule has 206 valence electrons. The third-order valence-electron chi connectivity index (χ3n) is 6.12. The number of hydrogen-bond acceptors (Lipinski definition) is 8. The van der Waals surface area contributed by atoms with Gasteiger partial charge in [0.15, 0.2) is 0 Å². The summed E-state index contributed by atoms with van der Waals surface area (Å²) in [4.78, 5) is 45.1. The topological polar surface area (TPSA) is 158 Å². The van der Waals surface area contributed by atoms with E-state index in [2.05, 4.69) is 10.6 Å². The first-order chi connectivity index (χ1) is 16.4. The number of nitrogens with one attached hydrogen (secondary N) is 2. The number of carbonyl (C=O) groups excluding carboxylic acids is 2. The summed E-state index contributed by atoms with van der Waals surface area (Å²) in [6, 6.07) is 0. The number of aliphatic carboxylic acids is 2. The molecule has 0 aromatic carbocycles. The maximum atomic E-state index is 11.7. The van der Waals surface area contributed by atoms with Crippen molar-refractivity contribution in [1.82, 2.24) is 20.4 Å². The van der Waals surface area contributed by atoms with Gasteiger partial charge in [0, 0.05) is 26.2 Å². The molecular formula is C24H42N4O8. The number of nitrogens with zero attached hydrogens (tertiary/aromatic N) is 2. The highest BCUT2D eigenvalue weighted by atomic mass is 16.6. The molecule has 0 aromatic rings. The van der Waals surface area contributed by atoms with Crippen molar-refractivity contribution in [3.63, 3.8) is 0 Å². The normalized spacial score (nSPS) is 21.3. The molecule has 0 aliphatic carbocycles. The zero-order valence-electron chi connectivity index (χ0n) is 22.3. The minimum absolute atomic E-state index is 0.179. The lowest BCUT2D eigenvalue weighted by Crippen LogP contribution is -2.68. The molecule has 0 bridgehead atoms. The molecule has 4 rings (SSSR count). The van der Waals surface area contributed by atoms with Crippen LogP contribution in [-0.4, -0.2) is 106 Å². The fourth-order valence-corrected chi connectivity index (χ4v) is 4.56. The lowest BCUT2D eigenvalue weighted by Gasteiger charge is -2.48. The Morgan fingerprint density at radius 3 is 1.17 bits per heavy atom. The van der Waals surface area contributed by atoms with Gasteiger partial charge in [-0.05, 0) is 80.3 Å². The van der Waals surface area contributed by atoms with Crippen LogP contribution in [0.25, 0.3) is 0 Å². The molecule has 36 heavy (non-hydrogen) atoms. The van der Waals surface area contributed by atoms with Crippen LogP contribution in [0.5, 0.6) is 0 Å².